The molecule has 96 valence electrons. The van der Waals surface area contributed by atoms with Crippen molar-refractivity contribution in [2.24, 2.45) is 0 Å². The van der Waals surface area contributed by atoms with Gasteiger partial charge in [0.25, 0.3) is 5.91 Å². The van der Waals surface area contributed by atoms with E-state index in [1.807, 2.05) is 12.1 Å². The summed E-state index contributed by atoms with van der Waals surface area (Å²) >= 11 is 0. The van der Waals surface area contributed by atoms with Crippen molar-refractivity contribution in [2.45, 2.75) is 13.0 Å². The van der Waals surface area contributed by atoms with Gasteiger partial charge in [-0.2, -0.15) is 5.10 Å². The van der Waals surface area contributed by atoms with Crippen LogP contribution in [0.25, 0.3) is 0 Å². The molecule has 0 unspecified atom stereocenters. The molecule has 6 heteroatoms. The van der Waals surface area contributed by atoms with Gasteiger partial charge in [-0.25, -0.2) is 0 Å². The van der Waals surface area contributed by atoms with Crippen LogP contribution in [-0.4, -0.2) is 29.3 Å². The molecule has 0 aliphatic carbocycles. The SMILES string of the molecule is O=C(NCCCOCc1ccco1)c1cn[nH]c1. The molecule has 2 N–H and O–H groups in total. The Labute approximate surface area is 104 Å². The van der Waals surface area contributed by atoms with Crippen molar-refractivity contribution >= 4 is 5.91 Å². The Morgan fingerprint density at radius 1 is 1.56 bits per heavy atom. The molecule has 2 rings (SSSR count). The first kappa shape index (κ1) is 12.4. The lowest BCUT2D eigenvalue weighted by Gasteiger charge is -2.04. The van der Waals surface area contributed by atoms with Crippen molar-refractivity contribution in [3.8, 4) is 0 Å². The highest BCUT2D eigenvalue weighted by Crippen LogP contribution is 2.01. The third kappa shape index (κ3) is 3.74. The van der Waals surface area contributed by atoms with Crippen molar-refractivity contribution < 1.29 is 13.9 Å². The topological polar surface area (TPSA) is 80.2 Å². The largest absolute Gasteiger partial charge is 0.467 e. The Morgan fingerprint density at radius 2 is 2.50 bits per heavy atom. The molecule has 0 fully saturated rings. The number of furan rings is 1. The number of H-pyrrole nitrogens is 1. The van der Waals surface area contributed by atoms with Gasteiger partial charge >= 0.3 is 0 Å². The van der Waals surface area contributed by atoms with Gasteiger partial charge < -0.3 is 14.5 Å². The van der Waals surface area contributed by atoms with Crippen molar-refractivity contribution in [2.75, 3.05) is 13.2 Å². The predicted molar refractivity (Wildman–Crippen MR) is 63.9 cm³/mol. The minimum atomic E-state index is -0.130. The van der Waals surface area contributed by atoms with Crippen LogP contribution < -0.4 is 5.32 Å². The summed E-state index contributed by atoms with van der Waals surface area (Å²) in [5, 5.41) is 9.08. The first-order valence-corrected chi connectivity index (χ1v) is 5.73. The lowest BCUT2D eigenvalue weighted by atomic mass is 10.3. The predicted octanol–water partition coefficient (Wildman–Crippen LogP) is 1.34. The van der Waals surface area contributed by atoms with Gasteiger partial charge in [0.1, 0.15) is 12.4 Å². The number of amides is 1. The van der Waals surface area contributed by atoms with Crippen LogP contribution in [0.5, 0.6) is 0 Å². The summed E-state index contributed by atoms with van der Waals surface area (Å²) in [6.45, 7) is 1.61. The molecule has 2 heterocycles. The average molecular weight is 249 g/mol. The van der Waals surface area contributed by atoms with Crippen LogP contribution in [0.2, 0.25) is 0 Å². The fourth-order valence-corrected chi connectivity index (χ4v) is 1.42. The van der Waals surface area contributed by atoms with Crippen LogP contribution in [-0.2, 0) is 11.3 Å². The summed E-state index contributed by atoms with van der Waals surface area (Å²) in [7, 11) is 0. The Hall–Kier alpha value is -2.08. The number of aromatic amines is 1. The molecular weight excluding hydrogens is 234 g/mol. The van der Waals surface area contributed by atoms with Crippen LogP contribution in [0.3, 0.4) is 0 Å². The minimum absolute atomic E-state index is 0.130. The van der Waals surface area contributed by atoms with E-state index in [-0.39, 0.29) is 5.91 Å². The van der Waals surface area contributed by atoms with Gasteiger partial charge in [0.2, 0.25) is 0 Å². The molecule has 0 spiro atoms. The smallest absolute Gasteiger partial charge is 0.254 e. The van der Waals surface area contributed by atoms with Crippen LogP contribution in [0, 0.1) is 0 Å². The Balaban J connectivity index is 1.52. The maximum atomic E-state index is 11.5. The molecule has 0 saturated heterocycles. The fraction of sp³-hybridized carbons (Fsp3) is 0.333. The summed E-state index contributed by atoms with van der Waals surface area (Å²) in [6.07, 6.45) is 5.42. The molecule has 2 aromatic heterocycles. The molecule has 0 aliphatic heterocycles. The van der Waals surface area contributed by atoms with Gasteiger partial charge in [-0.1, -0.05) is 0 Å². The van der Waals surface area contributed by atoms with Crippen LogP contribution >= 0.6 is 0 Å². The zero-order valence-corrected chi connectivity index (χ0v) is 9.89. The minimum Gasteiger partial charge on any atom is -0.467 e. The molecule has 6 nitrogen and oxygen atoms in total. The molecule has 0 aromatic carbocycles. The molecule has 2 aromatic rings. The third-order valence-corrected chi connectivity index (χ3v) is 2.34. The Morgan fingerprint density at radius 3 is 3.22 bits per heavy atom. The van der Waals surface area contributed by atoms with E-state index in [0.29, 0.717) is 25.3 Å². The molecule has 18 heavy (non-hydrogen) atoms. The summed E-state index contributed by atoms with van der Waals surface area (Å²) in [6, 6.07) is 3.69. The molecule has 0 bridgehead atoms. The number of hydrogen-bond donors (Lipinski definition) is 2. The normalized spacial score (nSPS) is 10.4. The number of aromatic nitrogens is 2. The highest BCUT2D eigenvalue weighted by molar-refractivity contribution is 5.93. The van der Waals surface area contributed by atoms with Crippen LogP contribution in [0.15, 0.2) is 35.2 Å². The van der Waals surface area contributed by atoms with E-state index in [0.717, 1.165) is 12.2 Å². The Bertz CT molecular complexity index is 451. The molecule has 0 atom stereocenters. The zero-order chi connectivity index (χ0) is 12.6. The second-order valence-corrected chi connectivity index (χ2v) is 3.73. The first-order chi connectivity index (χ1) is 8.86. The van der Waals surface area contributed by atoms with Gasteiger partial charge in [0.15, 0.2) is 0 Å². The number of nitrogens with one attached hydrogen (secondary N) is 2. The second kappa shape index (κ2) is 6.61. The average Bonchev–Trinajstić information content (AvgIpc) is 3.05. The maximum absolute atomic E-state index is 11.5. The van der Waals surface area contributed by atoms with Crippen molar-refractivity contribution in [3.05, 3.63) is 42.1 Å². The summed E-state index contributed by atoms with van der Waals surface area (Å²) < 4.78 is 10.5. The van der Waals surface area contributed by atoms with E-state index in [4.69, 9.17) is 9.15 Å². The van der Waals surface area contributed by atoms with Gasteiger partial charge in [0, 0.05) is 19.3 Å². The number of carbonyl (C=O) groups is 1. The standard InChI is InChI=1S/C12H15N3O3/c16-12(10-7-14-15-8-10)13-4-2-5-17-9-11-3-1-6-18-11/h1,3,6-8H,2,4-5,9H2,(H,13,16)(H,14,15). The van der Waals surface area contributed by atoms with Gasteiger partial charge in [-0.3, -0.25) is 9.89 Å². The highest BCUT2D eigenvalue weighted by Gasteiger charge is 2.04. The van der Waals surface area contributed by atoms with Gasteiger partial charge in [-0.15, -0.1) is 0 Å². The van der Waals surface area contributed by atoms with E-state index in [1.165, 1.54) is 6.20 Å². The number of nitrogens with zero attached hydrogens (tertiary/aromatic N) is 1. The van der Waals surface area contributed by atoms with Crippen LogP contribution in [0.4, 0.5) is 0 Å². The van der Waals surface area contributed by atoms with Crippen molar-refractivity contribution in [3.63, 3.8) is 0 Å². The van der Waals surface area contributed by atoms with Gasteiger partial charge in [-0.05, 0) is 18.6 Å². The zero-order valence-electron chi connectivity index (χ0n) is 9.89. The van der Waals surface area contributed by atoms with Crippen molar-refractivity contribution in [1.29, 1.82) is 0 Å². The summed E-state index contributed by atoms with van der Waals surface area (Å²) in [4.78, 5) is 11.5. The number of carbonyl (C=O) groups excluding carboxylic acids is 1. The molecule has 0 aliphatic rings. The van der Waals surface area contributed by atoms with E-state index >= 15 is 0 Å². The molecule has 0 saturated carbocycles. The lowest BCUT2D eigenvalue weighted by Crippen LogP contribution is -2.24. The molecular formula is C12H15N3O3. The van der Waals surface area contributed by atoms with Crippen molar-refractivity contribution in [1.82, 2.24) is 15.5 Å². The van der Waals surface area contributed by atoms with E-state index in [1.54, 1.807) is 12.5 Å². The monoisotopic (exact) mass is 249 g/mol. The van der Waals surface area contributed by atoms with E-state index in [9.17, 15) is 4.79 Å². The lowest BCUT2D eigenvalue weighted by molar-refractivity contribution is 0.0917. The highest BCUT2D eigenvalue weighted by atomic mass is 16.5. The third-order valence-electron chi connectivity index (χ3n) is 2.34. The van der Waals surface area contributed by atoms with E-state index in [2.05, 4.69) is 15.5 Å². The Kier molecular flexibility index (Phi) is 4.54. The number of rotatable bonds is 7. The molecule has 1 amide bonds. The second-order valence-electron chi connectivity index (χ2n) is 3.73. The summed E-state index contributed by atoms with van der Waals surface area (Å²) in [5.41, 5.74) is 0.534. The quantitative estimate of drug-likeness (QED) is 0.726. The first-order valence-electron chi connectivity index (χ1n) is 5.73. The maximum Gasteiger partial charge on any atom is 0.254 e. The van der Waals surface area contributed by atoms with E-state index < -0.39 is 0 Å². The fourth-order valence-electron chi connectivity index (χ4n) is 1.42. The number of hydrogen-bond acceptors (Lipinski definition) is 4. The summed E-state index contributed by atoms with van der Waals surface area (Å²) in [5.74, 6) is 0.673. The molecule has 0 radical (unpaired) electrons. The number of ether oxygens (including phenoxy) is 1. The van der Waals surface area contributed by atoms with Crippen LogP contribution in [0.1, 0.15) is 22.5 Å². The van der Waals surface area contributed by atoms with Gasteiger partial charge in [0.05, 0.1) is 18.0 Å².